The van der Waals surface area contributed by atoms with Crippen LogP contribution in [0.2, 0.25) is 0 Å². The van der Waals surface area contributed by atoms with E-state index in [1.807, 2.05) is 35.2 Å². The maximum absolute atomic E-state index is 12.8. The number of carbonyl (C=O) groups excluding carboxylic acids is 2. The van der Waals surface area contributed by atoms with Crippen LogP contribution in [0, 0.1) is 0 Å². The van der Waals surface area contributed by atoms with Crippen LogP contribution < -0.4 is 5.32 Å². The highest BCUT2D eigenvalue weighted by Gasteiger charge is 2.26. The first-order valence-electron chi connectivity index (χ1n) is 9.98. The SMILES string of the molecule is Cn1cc(CC(=O)N2CCN(C(=O)NC3CCCC3)CC2)c2ccccc21. The second-order valence-corrected chi connectivity index (χ2v) is 7.76. The third-order valence-corrected chi connectivity index (χ3v) is 5.92. The van der Waals surface area contributed by atoms with E-state index in [9.17, 15) is 9.59 Å². The second-order valence-electron chi connectivity index (χ2n) is 7.76. The van der Waals surface area contributed by atoms with Gasteiger partial charge in [0.2, 0.25) is 5.91 Å². The zero-order valence-electron chi connectivity index (χ0n) is 16.0. The Morgan fingerprint density at radius 3 is 2.44 bits per heavy atom. The number of hydrogen-bond acceptors (Lipinski definition) is 2. The van der Waals surface area contributed by atoms with E-state index in [0.29, 0.717) is 38.6 Å². The molecule has 2 heterocycles. The minimum absolute atomic E-state index is 0.0306. The first-order chi connectivity index (χ1) is 13.1. The lowest BCUT2D eigenvalue weighted by Gasteiger charge is -2.35. The van der Waals surface area contributed by atoms with Gasteiger partial charge in [-0.1, -0.05) is 31.0 Å². The Kier molecular flexibility index (Phi) is 5.05. The van der Waals surface area contributed by atoms with E-state index in [4.69, 9.17) is 0 Å². The molecule has 144 valence electrons. The minimum atomic E-state index is 0.0306. The molecule has 0 radical (unpaired) electrons. The number of fused-ring (bicyclic) bond motifs is 1. The molecule has 1 N–H and O–H groups in total. The average molecular weight is 368 g/mol. The van der Waals surface area contributed by atoms with Crippen molar-refractivity contribution in [1.29, 1.82) is 0 Å². The quantitative estimate of drug-likeness (QED) is 0.905. The number of hydrogen-bond donors (Lipinski definition) is 1. The molecule has 1 saturated carbocycles. The number of aromatic nitrogens is 1. The van der Waals surface area contributed by atoms with Crippen LogP contribution in [0.5, 0.6) is 0 Å². The number of benzene rings is 1. The van der Waals surface area contributed by atoms with Gasteiger partial charge in [-0.2, -0.15) is 0 Å². The van der Waals surface area contributed by atoms with Crippen LogP contribution in [0.25, 0.3) is 10.9 Å². The van der Waals surface area contributed by atoms with Crippen LogP contribution in [0.3, 0.4) is 0 Å². The molecule has 2 aromatic rings. The Morgan fingerprint density at radius 1 is 1.04 bits per heavy atom. The van der Waals surface area contributed by atoms with Gasteiger partial charge < -0.3 is 19.7 Å². The maximum Gasteiger partial charge on any atom is 0.317 e. The molecule has 6 heteroatoms. The average Bonchev–Trinajstić information content (AvgIpc) is 3.30. The largest absolute Gasteiger partial charge is 0.350 e. The molecule has 1 aliphatic carbocycles. The molecule has 4 rings (SSSR count). The van der Waals surface area contributed by atoms with Gasteiger partial charge in [0.1, 0.15) is 0 Å². The topological polar surface area (TPSA) is 57.6 Å². The standard InChI is InChI=1S/C21H28N4O2/c1-23-15-16(18-8-4-5-9-19(18)23)14-20(26)24-10-12-25(13-11-24)21(27)22-17-6-2-3-7-17/h4-5,8-9,15,17H,2-3,6-7,10-14H2,1H3,(H,22,27). The van der Waals surface area contributed by atoms with E-state index in [-0.39, 0.29) is 11.9 Å². The monoisotopic (exact) mass is 368 g/mol. The van der Waals surface area contributed by atoms with Gasteiger partial charge >= 0.3 is 6.03 Å². The maximum atomic E-state index is 12.8. The molecule has 1 aliphatic heterocycles. The third kappa shape index (κ3) is 3.80. The van der Waals surface area contributed by atoms with Crippen LogP contribution in [-0.4, -0.2) is 58.5 Å². The fourth-order valence-corrected chi connectivity index (χ4v) is 4.34. The zero-order valence-corrected chi connectivity index (χ0v) is 16.0. The first kappa shape index (κ1) is 17.9. The van der Waals surface area contributed by atoms with Gasteiger partial charge in [-0.25, -0.2) is 4.79 Å². The highest BCUT2D eigenvalue weighted by Crippen LogP contribution is 2.22. The van der Waals surface area contributed by atoms with Crippen molar-refractivity contribution in [2.75, 3.05) is 26.2 Å². The first-order valence-corrected chi connectivity index (χ1v) is 9.98. The number of nitrogens with one attached hydrogen (secondary N) is 1. The van der Waals surface area contributed by atoms with Crippen LogP contribution in [0.4, 0.5) is 4.79 Å². The van der Waals surface area contributed by atoms with Crippen molar-refractivity contribution < 1.29 is 9.59 Å². The predicted octanol–water partition coefficient (Wildman–Crippen LogP) is 2.52. The molecule has 0 spiro atoms. The van der Waals surface area contributed by atoms with E-state index < -0.39 is 0 Å². The molecule has 2 fully saturated rings. The molecule has 1 saturated heterocycles. The second kappa shape index (κ2) is 7.62. The van der Waals surface area contributed by atoms with Crippen molar-refractivity contribution in [2.24, 2.45) is 7.05 Å². The summed E-state index contributed by atoms with van der Waals surface area (Å²) in [5.41, 5.74) is 2.22. The molecule has 2 aliphatic rings. The summed E-state index contributed by atoms with van der Waals surface area (Å²) < 4.78 is 2.07. The lowest BCUT2D eigenvalue weighted by Crippen LogP contribution is -2.54. The fraction of sp³-hybridized carbons (Fsp3) is 0.524. The molecule has 0 unspecified atom stereocenters. The Bertz CT molecular complexity index is 830. The van der Waals surface area contributed by atoms with Crippen molar-refractivity contribution in [2.45, 2.75) is 38.1 Å². The van der Waals surface area contributed by atoms with Crippen molar-refractivity contribution in [3.8, 4) is 0 Å². The lowest BCUT2D eigenvalue weighted by atomic mass is 10.1. The Labute approximate surface area is 160 Å². The third-order valence-electron chi connectivity index (χ3n) is 5.92. The van der Waals surface area contributed by atoms with Crippen LogP contribution in [0.1, 0.15) is 31.2 Å². The van der Waals surface area contributed by atoms with E-state index in [0.717, 1.165) is 29.3 Å². The Balaban J connectivity index is 1.32. The number of amides is 3. The molecule has 3 amide bonds. The van der Waals surface area contributed by atoms with Crippen molar-refractivity contribution in [3.63, 3.8) is 0 Å². The summed E-state index contributed by atoms with van der Waals surface area (Å²) in [6.45, 7) is 2.45. The van der Waals surface area contributed by atoms with Crippen LogP contribution >= 0.6 is 0 Å². The van der Waals surface area contributed by atoms with E-state index in [1.54, 1.807) is 0 Å². The van der Waals surface area contributed by atoms with Gasteiger partial charge in [0, 0.05) is 56.4 Å². The van der Waals surface area contributed by atoms with E-state index in [1.165, 1.54) is 12.8 Å². The minimum Gasteiger partial charge on any atom is -0.350 e. The molecule has 0 atom stereocenters. The zero-order chi connectivity index (χ0) is 18.8. The molecule has 27 heavy (non-hydrogen) atoms. The summed E-state index contributed by atoms with van der Waals surface area (Å²) >= 11 is 0. The Morgan fingerprint density at radius 2 is 1.70 bits per heavy atom. The predicted molar refractivity (Wildman–Crippen MR) is 106 cm³/mol. The number of rotatable bonds is 3. The van der Waals surface area contributed by atoms with Crippen LogP contribution in [0.15, 0.2) is 30.5 Å². The van der Waals surface area contributed by atoms with Crippen molar-refractivity contribution in [1.82, 2.24) is 19.7 Å². The highest BCUT2D eigenvalue weighted by molar-refractivity contribution is 5.89. The lowest BCUT2D eigenvalue weighted by molar-refractivity contribution is -0.131. The van der Waals surface area contributed by atoms with E-state index >= 15 is 0 Å². The fourth-order valence-electron chi connectivity index (χ4n) is 4.34. The molecular weight excluding hydrogens is 340 g/mol. The van der Waals surface area contributed by atoms with Gasteiger partial charge in [0.15, 0.2) is 0 Å². The summed E-state index contributed by atoms with van der Waals surface area (Å²) in [7, 11) is 2.01. The number of nitrogens with zero attached hydrogens (tertiary/aromatic N) is 3. The number of aryl methyl sites for hydroxylation is 1. The summed E-state index contributed by atoms with van der Waals surface area (Å²) in [5, 5.41) is 4.28. The van der Waals surface area contributed by atoms with Crippen LogP contribution in [-0.2, 0) is 18.3 Å². The Hall–Kier alpha value is -2.50. The van der Waals surface area contributed by atoms with Gasteiger partial charge in [0.25, 0.3) is 0 Å². The molecule has 1 aromatic heterocycles. The summed E-state index contributed by atoms with van der Waals surface area (Å²) in [4.78, 5) is 28.9. The molecule has 6 nitrogen and oxygen atoms in total. The van der Waals surface area contributed by atoms with Gasteiger partial charge in [-0.3, -0.25) is 4.79 Å². The summed E-state index contributed by atoms with van der Waals surface area (Å²) in [6.07, 6.45) is 7.07. The van der Waals surface area contributed by atoms with Crippen molar-refractivity contribution in [3.05, 3.63) is 36.0 Å². The molecule has 0 bridgehead atoms. The van der Waals surface area contributed by atoms with E-state index in [2.05, 4.69) is 22.0 Å². The van der Waals surface area contributed by atoms with Gasteiger partial charge in [-0.15, -0.1) is 0 Å². The van der Waals surface area contributed by atoms with Gasteiger partial charge in [-0.05, 0) is 24.5 Å². The molecular formula is C21H28N4O2. The normalized spacial score (nSPS) is 18.3. The summed E-state index contributed by atoms with van der Waals surface area (Å²) in [6, 6.07) is 8.54. The number of carbonyl (C=O) groups is 2. The van der Waals surface area contributed by atoms with Gasteiger partial charge in [0.05, 0.1) is 6.42 Å². The smallest absolute Gasteiger partial charge is 0.317 e. The number of para-hydroxylation sites is 1. The number of piperazine rings is 1. The summed E-state index contributed by atoms with van der Waals surface area (Å²) in [5.74, 6) is 0.141. The molecule has 1 aromatic carbocycles. The van der Waals surface area contributed by atoms with Crippen molar-refractivity contribution >= 4 is 22.8 Å². The number of urea groups is 1. The highest BCUT2D eigenvalue weighted by atomic mass is 16.2.